The van der Waals surface area contributed by atoms with E-state index < -0.39 is 0 Å². The number of benzene rings is 1. The van der Waals surface area contributed by atoms with E-state index >= 15 is 0 Å². The molecule has 17 heavy (non-hydrogen) atoms. The fourth-order valence-corrected chi connectivity index (χ4v) is 2.34. The van der Waals surface area contributed by atoms with Gasteiger partial charge < -0.3 is 4.74 Å². The third kappa shape index (κ3) is 3.27. The minimum absolute atomic E-state index is 0.276. The number of nitrogens with zero attached hydrogens (tertiary/aromatic N) is 1. The number of halogens is 1. The Labute approximate surface area is 104 Å². The second-order valence-electron chi connectivity index (χ2n) is 3.70. The number of hydrogen-bond acceptors (Lipinski definition) is 3. The largest absolute Gasteiger partial charge is 0.484 e. The zero-order valence-corrected chi connectivity index (χ0v) is 10.5. The predicted octanol–water partition coefficient (Wildman–Crippen LogP) is 3.81. The predicted molar refractivity (Wildman–Crippen MR) is 66.8 cm³/mol. The third-order valence-corrected chi connectivity index (χ3v) is 3.23. The summed E-state index contributed by atoms with van der Waals surface area (Å²) in [6, 6.07) is 6.40. The average Bonchev–Trinajstić information content (AvgIpc) is 2.76. The van der Waals surface area contributed by atoms with E-state index in [2.05, 4.69) is 11.9 Å². The highest BCUT2D eigenvalue weighted by atomic mass is 32.1. The summed E-state index contributed by atoms with van der Waals surface area (Å²) in [5, 5.41) is 3.07. The molecule has 0 amide bonds. The molecule has 0 aliphatic carbocycles. The van der Waals surface area contributed by atoms with Crippen LogP contribution in [0.4, 0.5) is 4.39 Å². The Hall–Kier alpha value is -1.42. The van der Waals surface area contributed by atoms with E-state index in [1.165, 1.54) is 6.07 Å². The Morgan fingerprint density at radius 1 is 1.35 bits per heavy atom. The smallest absolute Gasteiger partial charge is 0.165 e. The van der Waals surface area contributed by atoms with Gasteiger partial charge in [0, 0.05) is 5.38 Å². The summed E-state index contributed by atoms with van der Waals surface area (Å²) in [6.45, 7) is 2.44. The molecule has 0 spiro atoms. The van der Waals surface area contributed by atoms with Gasteiger partial charge in [-0.2, -0.15) is 0 Å². The number of hydrogen-bond donors (Lipinski definition) is 0. The lowest BCUT2D eigenvalue weighted by molar-refractivity contribution is 0.286. The maximum absolute atomic E-state index is 13.3. The molecule has 2 nitrogen and oxygen atoms in total. The van der Waals surface area contributed by atoms with Gasteiger partial charge in [-0.15, -0.1) is 11.3 Å². The summed E-state index contributed by atoms with van der Waals surface area (Å²) in [7, 11) is 0. The second kappa shape index (κ2) is 5.77. The van der Waals surface area contributed by atoms with E-state index in [4.69, 9.17) is 4.74 Å². The Bertz CT molecular complexity index is 484. The average molecular weight is 251 g/mol. The van der Waals surface area contributed by atoms with Gasteiger partial charge in [-0.1, -0.05) is 19.1 Å². The van der Waals surface area contributed by atoms with Gasteiger partial charge in [-0.05, 0) is 25.0 Å². The molecule has 90 valence electrons. The van der Waals surface area contributed by atoms with Crippen LogP contribution < -0.4 is 4.74 Å². The van der Waals surface area contributed by atoms with E-state index in [9.17, 15) is 4.39 Å². The van der Waals surface area contributed by atoms with Crippen LogP contribution in [0.2, 0.25) is 0 Å². The number of ether oxygens (including phenoxy) is 1. The topological polar surface area (TPSA) is 22.1 Å². The normalized spacial score (nSPS) is 10.5. The van der Waals surface area contributed by atoms with Crippen LogP contribution in [0, 0.1) is 5.82 Å². The molecule has 0 saturated carbocycles. The minimum atomic E-state index is -0.337. The molecular formula is C13H14FNOS. The number of aryl methyl sites for hydroxylation is 1. The van der Waals surface area contributed by atoms with Crippen LogP contribution in [0.1, 0.15) is 24.0 Å². The summed E-state index contributed by atoms with van der Waals surface area (Å²) in [5.74, 6) is -0.0611. The van der Waals surface area contributed by atoms with Crippen LogP contribution in [0.3, 0.4) is 0 Å². The zero-order chi connectivity index (χ0) is 12.1. The summed E-state index contributed by atoms with van der Waals surface area (Å²) < 4.78 is 18.7. The molecule has 0 unspecified atom stereocenters. The van der Waals surface area contributed by atoms with E-state index in [1.807, 2.05) is 5.38 Å². The number of aromatic nitrogens is 1. The van der Waals surface area contributed by atoms with Crippen molar-refractivity contribution in [2.75, 3.05) is 0 Å². The fourth-order valence-electron chi connectivity index (χ4n) is 1.46. The fraction of sp³-hybridized carbons (Fsp3) is 0.308. The molecular weight excluding hydrogens is 237 g/mol. The van der Waals surface area contributed by atoms with Crippen molar-refractivity contribution >= 4 is 11.3 Å². The second-order valence-corrected chi connectivity index (χ2v) is 4.64. The first-order valence-electron chi connectivity index (χ1n) is 5.60. The molecule has 0 bridgehead atoms. The van der Waals surface area contributed by atoms with Crippen LogP contribution in [0.25, 0.3) is 0 Å². The summed E-state index contributed by atoms with van der Waals surface area (Å²) in [5.41, 5.74) is 0.863. The molecule has 0 fully saturated rings. The molecule has 0 saturated heterocycles. The van der Waals surface area contributed by atoms with Crippen LogP contribution in [0.5, 0.6) is 5.75 Å². The van der Waals surface area contributed by atoms with Gasteiger partial charge >= 0.3 is 0 Å². The van der Waals surface area contributed by atoms with Crippen LogP contribution in [-0.4, -0.2) is 4.98 Å². The van der Waals surface area contributed by atoms with Crippen molar-refractivity contribution in [2.24, 2.45) is 0 Å². The standard InChI is InChI=1S/C13H14FNOS/c1-2-5-13-15-10(9-17-13)8-16-12-7-4-3-6-11(12)14/h3-4,6-7,9H,2,5,8H2,1H3. The van der Waals surface area contributed by atoms with Crippen molar-refractivity contribution in [1.29, 1.82) is 0 Å². The highest BCUT2D eigenvalue weighted by Crippen LogP contribution is 2.18. The molecule has 0 atom stereocenters. The molecule has 2 rings (SSSR count). The maximum atomic E-state index is 13.3. The lowest BCUT2D eigenvalue weighted by atomic mass is 10.3. The van der Waals surface area contributed by atoms with Crippen LogP contribution in [0.15, 0.2) is 29.6 Å². The first-order valence-corrected chi connectivity index (χ1v) is 6.48. The van der Waals surface area contributed by atoms with Gasteiger partial charge in [0.1, 0.15) is 6.61 Å². The molecule has 0 N–H and O–H groups in total. The Kier molecular flexibility index (Phi) is 4.09. The zero-order valence-electron chi connectivity index (χ0n) is 9.65. The quantitative estimate of drug-likeness (QED) is 0.806. The lowest BCUT2D eigenvalue weighted by Gasteiger charge is -2.04. The lowest BCUT2D eigenvalue weighted by Crippen LogP contribution is -1.97. The van der Waals surface area contributed by atoms with Crippen molar-refractivity contribution in [3.05, 3.63) is 46.2 Å². The van der Waals surface area contributed by atoms with Gasteiger partial charge in [-0.3, -0.25) is 0 Å². The molecule has 4 heteroatoms. The van der Waals surface area contributed by atoms with Gasteiger partial charge in [-0.25, -0.2) is 9.37 Å². The van der Waals surface area contributed by atoms with Crippen molar-refractivity contribution in [2.45, 2.75) is 26.4 Å². The number of rotatable bonds is 5. The summed E-state index contributed by atoms with van der Waals surface area (Å²) in [4.78, 5) is 4.42. The molecule has 0 aliphatic heterocycles. The highest BCUT2D eigenvalue weighted by molar-refractivity contribution is 7.09. The number of thiazole rings is 1. The third-order valence-electron chi connectivity index (χ3n) is 2.28. The molecule has 0 radical (unpaired) electrons. The van der Waals surface area contributed by atoms with Crippen LogP contribution in [-0.2, 0) is 13.0 Å². The first kappa shape index (κ1) is 12.0. The Balaban J connectivity index is 1.95. The molecule has 1 aromatic heterocycles. The van der Waals surface area contributed by atoms with Crippen molar-refractivity contribution in [3.8, 4) is 5.75 Å². The van der Waals surface area contributed by atoms with Crippen molar-refractivity contribution in [1.82, 2.24) is 4.98 Å². The van der Waals surface area contributed by atoms with Gasteiger partial charge in [0.15, 0.2) is 11.6 Å². The van der Waals surface area contributed by atoms with E-state index in [0.29, 0.717) is 6.61 Å². The summed E-state index contributed by atoms with van der Waals surface area (Å²) in [6.07, 6.45) is 2.07. The minimum Gasteiger partial charge on any atom is -0.484 e. The monoisotopic (exact) mass is 251 g/mol. The Morgan fingerprint density at radius 3 is 2.94 bits per heavy atom. The van der Waals surface area contributed by atoms with E-state index in [-0.39, 0.29) is 11.6 Å². The highest BCUT2D eigenvalue weighted by Gasteiger charge is 2.05. The van der Waals surface area contributed by atoms with Gasteiger partial charge in [0.2, 0.25) is 0 Å². The molecule has 0 aliphatic rings. The van der Waals surface area contributed by atoms with Gasteiger partial charge in [0.05, 0.1) is 10.7 Å². The van der Waals surface area contributed by atoms with Crippen molar-refractivity contribution < 1.29 is 9.13 Å². The molecule has 2 aromatic rings. The number of para-hydroxylation sites is 1. The molecule has 1 aromatic carbocycles. The SMILES string of the molecule is CCCc1nc(COc2ccccc2F)cs1. The molecule has 1 heterocycles. The summed E-state index contributed by atoms with van der Waals surface area (Å²) >= 11 is 1.63. The van der Waals surface area contributed by atoms with E-state index in [0.717, 1.165) is 23.5 Å². The van der Waals surface area contributed by atoms with Crippen LogP contribution >= 0.6 is 11.3 Å². The first-order chi connectivity index (χ1) is 8.29. The van der Waals surface area contributed by atoms with Crippen molar-refractivity contribution in [3.63, 3.8) is 0 Å². The maximum Gasteiger partial charge on any atom is 0.165 e. The van der Waals surface area contributed by atoms with Gasteiger partial charge in [0.25, 0.3) is 0 Å². The van der Waals surface area contributed by atoms with E-state index in [1.54, 1.807) is 29.5 Å². The Morgan fingerprint density at radius 2 is 2.18 bits per heavy atom.